The highest BCUT2D eigenvalue weighted by atomic mass is 16.5. The third-order valence-corrected chi connectivity index (χ3v) is 2.91. The highest BCUT2D eigenvalue weighted by Gasteiger charge is 2.21. The molecular weight excluding hydrogens is 204 g/mol. The fraction of sp³-hybridized carbons (Fsp3) is 0.818. The summed E-state index contributed by atoms with van der Waals surface area (Å²) in [6, 6.07) is 0.398. The molecular formula is C11H20N4O. The van der Waals surface area contributed by atoms with Gasteiger partial charge in [0.05, 0.1) is 6.04 Å². The molecule has 2 rings (SSSR count). The van der Waals surface area contributed by atoms with Crippen LogP contribution >= 0.6 is 0 Å². The Hall–Kier alpha value is -0.940. The van der Waals surface area contributed by atoms with Crippen molar-refractivity contribution in [3.8, 4) is 0 Å². The van der Waals surface area contributed by atoms with Gasteiger partial charge >= 0.3 is 0 Å². The topological polar surface area (TPSA) is 52.0 Å². The van der Waals surface area contributed by atoms with Crippen LogP contribution in [0.2, 0.25) is 0 Å². The molecule has 1 aliphatic heterocycles. The number of ether oxygens (including phenoxy) is 1. The Morgan fingerprint density at radius 1 is 1.62 bits per heavy atom. The molecule has 5 heteroatoms. The molecule has 1 fully saturated rings. The molecule has 0 aliphatic carbocycles. The first-order valence-electron chi connectivity index (χ1n) is 6.10. The van der Waals surface area contributed by atoms with Crippen LogP contribution in [-0.4, -0.2) is 34.5 Å². The van der Waals surface area contributed by atoms with Crippen molar-refractivity contribution in [2.45, 2.75) is 38.8 Å². The van der Waals surface area contributed by atoms with Gasteiger partial charge in [-0.2, -0.15) is 0 Å². The van der Waals surface area contributed by atoms with E-state index in [4.69, 9.17) is 4.74 Å². The fourth-order valence-electron chi connectivity index (χ4n) is 2.09. The second kappa shape index (κ2) is 5.96. The molecule has 1 unspecified atom stereocenters. The Morgan fingerprint density at radius 3 is 3.31 bits per heavy atom. The molecule has 16 heavy (non-hydrogen) atoms. The molecule has 2 heterocycles. The summed E-state index contributed by atoms with van der Waals surface area (Å²) in [6.07, 6.45) is 5.24. The molecule has 1 aromatic rings. The number of hydrogen-bond acceptors (Lipinski definition) is 4. The van der Waals surface area contributed by atoms with Gasteiger partial charge in [-0.3, -0.25) is 0 Å². The van der Waals surface area contributed by atoms with Crippen LogP contribution in [0.15, 0.2) is 6.33 Å². The van der Waals surface area contributed by atoms with Crippen LogP contribution < -0.4 is 5.32 Å². The molecule has 0 aromatic carbocycles. The Bertz CT molecular complexity index is 307. The summed E-state index contributed by atoms with van der Waals surface area (Å²) in [4.78, 5) is 0. The highest BCUT2D eigenvalue weighted by Crippen LogP contribution is 2.20. The van der Waals surface area contributed by atoms with Crippen molar-refractivity contribution in [2.75, 3.05) is 19.8 Å². The molecule has 0 bridgehead atoms. The number of aryl methyl sites for hydroxylation is 1. The summed E-state index contributed by atoms with van der Waals surface area (Å²) in [6.45, 7) is 5.66. The van der Waals surface area contributed by atoms with Crippen molar-refractivity contribution in [1.82, 2.24) is 20.1 Å². The molecule has 1 N–H and O–H groups in total. The minimum absolute atomic E-state index is 0.398. The van der Waals surface area contributed by atoms with Crippen LogP contribution in [0.4, 0.5) is 0 Å². The van der Waals surface area contributed by atoms with Crippen LogP contribution in [-0.2, 0) is 11.3 Å². The minimum atomic E-state index is 0.398. The third kappa shape index (κ3) is 2.80. The zero-order valence-electron chi connectivity index (χ0n) is 9.85. The smallest absolute Gasteiger partial charge is 0.149 e. The van der Waals surface area contributed by atoms with Gasteiger partial charge in [0.2, 0.25) is 0 Å². The summed E-state index contributed by atoms with van der Waals surface area (Å²) in [5.74, 6) is 1.08. The molecule has 90 valence electrons. The average Bonchev–Trinajstić information content (AvgIpc) is 2.94. The van der Waals surface area contributed by atoms with E-state index in [-0.39, 0.29) is 0 Å². The van der Waals surface area contributed by atoms with Gasteiger partial charge in [-0.25, -0.2) is 0 Å². The zero-order chi connectivity index (χ0) is 11.2. The largest absolute Gasteiger partial charge is 0.382 e. The molecule has 1 atom stereocenters. The minimum Gasteiger partial charge on any atom is -0.382 e. The van der Waals surface area contributed by atoms with E-state index in [2.05, 4.69) is 20.1 Å². The molecule has 0 spiro atoms. The Balaban J connectivity index is 1.86. The van der Waals surface area contributed by atoms with E-state index < -0.39 is 0 Å². The maximum absolute atomic E-state index is 5.33. The maximum atomic E-state index is 5.33. The molecule has 0 radical (unpaired) electrons. The number of nitrogens with one attached hydrogen (secondary N) is 1. The Morgan fingerprint density at radius 2 is 2.56 bits per heavy atom. The number of aromatic nitrogens is 3. The second-order valence-corrected chi connectivity index (χ2v) is 4.08. The van der Waals surface area contributed by atoms with Crippen molar-refractivity contribution in [2.24, 2.45) is 0 Å². The first kappa shape index (κ1) is 11.5. The SMILES string of the molecule is CCOCCCn1cnnc1C1CCCN1. The maximum Gasteiger partial charge on any atom is 0.149 e. The predicted molar refractivity (Wildman–Crippen MR) is 61.1 cm³/mol. The van der Waals surface area contributed by atoms with Gasteiger partial charge in [0.15, 0.2) is 0 Å². The van der Waals surface area contributed by atoms with Gasteiger partial charge in [0.25, 0.3) is 0 Å². The van der Waals surface area contributed by atoms with E-state index in [1.54, 1.807) is 0 Å². The first-order valence-corrected chi connectivity index (χ1v) is 6.10. The lowest BCUT2D eigenvalue weighted by atomic mass is 10.2. The third-order valence-electron chi connectivity index (χ3n) is 2.91. The fourth-order valence-corrected chi connectivity index (χ4v) is 2.09. The quantitative estimate of drug-likeness (QED) is 0.736. The normalized spacial score (nSPS) is 20.4. The monoisotopic (exact) mass is 224 g/mol. The van der Waals surface area contributed by atoms with Crippen LogP contribution in [0.5, 0.6) is 0 Å². The Kier molecular flexibility index (Phi) is 4.30. The van der Waals surface area contributed by atoms with Gasteiger partial charge in [-0.1, -0.05) is 0 Å². The van der Waals surface area contributed by atoms with Crippen molar-refractivity contribution >= 4 is 0 Å². The summed E-state index contributed by atoms with van der Waals surface area (Å²) < 4.78 is 7.47. The molecule has 1 aromatic heterocycles. The lowest BCUT2D eigenvalue weighted by molar-refractivity contribution is 0.141. The van der Waals surface area contributed by atoms with E-state index in [1.807, 2.05) is 13.3 Å². The van der Waals surface area contributed by atoms with E-state index >= 15 is 0 Å². The van der Waals surface area contributed by atoms with Gasteiger partial charge in [-0.15, -0.1) is 10.2 Å². The van der Waals surface area contributed by atoms with Crippen LogP contribution in [0.25, 0.3) is 0 Å². The number of nitrogens with zero attached hydrogens (tertiary/aromatic N) is 3. The molecule has 0 saturated carbocycles. The van der Waals surface area contributed by atoms with E-state index in [9.17, 15) is 0 Å². The van der Waals surface area contributed by atoms with E-state index in [1.165, 1.54) is 12.8 Å². The van der Waals surface area contributed by atoms with Gasteiger partial charge in [0.1, 0.15) is 12.2 Å². The lowest BCUT2D eigenvalue weighted by Crippen LogP contribution is -2.18. The summed E-state index contributed by atoms with van der Waals surface area (Å²) in [5, 5.41) is 11.7. The van der Waals surface area contributed by atoms with Gasteiger partial charge in [-0.05, 0) is 32.7 Å². The van der Waals surface area contributed by atoms with Crippen molar-refractivity contribution in [3.63, 3.8) is 0 Å². The highest BCUT2D eigenvalue weighted by molar-refractivity contribution is 4.97. The molecule has 5 nitrogen and oxygen atoms in total. The zero-order valence-corrected chi connectivity index (χ0v) is 9.85. The average molecular weight is 224 g/mol. The molecule has 1 saturated heterocycles. The summed E-state index contributed by atoms with van der Waals surface area (Å²) in [5.41, 5.74) is 0. The van der Waals surface area contributed by atoms with Crippen LogP contribution in [0.1, 0.15) is 38.1 Å². The first-order chi connectivity index (χ1) is 7.92. The Labute approximate surface area is 96.2 Å². The summed E-state index contributed by atoms with van der Waals surface area (Å²) >= 11 is 0. The summed E-state index contributed by atoms with van der Waals surface area (Å²) in [7, 11) is 0. The number of rotatable bonds is 6. The molecule has 1 aliphatic rings. The van der Waals surface area contributed by atoms with Crippen LogP contribution in [0, 0.1) is 0 Å². The predicted octanol–water partition coefficient (Wildman–Crippen LogP) is 1.13. The second-order valence-electron chi connectivity index (χ2n) is 4.08. The van der Waals surface area contributed by atoms with Crippen molar-refractivity contribution < 1.29 is 4.74 Å². The van der Waals surface area contributed by atoms with E-state index in [0.717, 1.165) is 38.5 Å². The van der Waals surface area contributed by atoms with Gasteiger partial charge < -0.3 is 14.6 Å². The lowest BCUT2D eigenvalue weighted by Gasteiger charge is -2.11. The van der Waals surface area contributed by atoms with Crippen molar-refractivity contribution in [1.29, 1.82) is 0 Å². The molecule has 0 amide bonds. The van der Waals surface area contributed by atoms with Crippen LogP contribution in [0.3, 0.4) is 0 Å². The van der Waals surface area contributed by atoms with E-state index in [0.29, 0.717) is 6.04 Å². The standard InChI is InChI=1S/C11H20N4O/c1-2-16-8-4-7-15-9-13-14-11(15)10-5-3-6-12-10/h9-10,12H,2-8H2,1H3. The number of hydrogen-bond donors (Lipinski definition) is 1. The van der Waals surface area contributed by atoms with Gasteiger partial charge in [0, 0.05) is 19.8 Å². The van der Waals surface area contributed by atoms with Crippen molar-refractivity contribution in [3.05, 3.63) is 12.2 Å².